The molecule has 1 heterocycles. The Morgan fingerprint density at radius 3 is 2.32 bits per heavy atom. The number of halogens is 1. The molecule has 4 rings (SSSR count). The van der Waals surface area contributed by atoms with Crippen LogP contribution in [0, 0.1) is 0 Å². The zero-order chi connectivity index (χ0) is 19.9. The second kappa shape index (κ2) is 7.02. The molecular weight excluding hydrogens is 380 g/mol. The largest absolute Gasteiger partial charge is 0.493 e. The number of hydrogen-bond donors (Lipinski definition) is 0. The quantitative estimate of drug-likeness (QED) is 0.629. The first-order chi connectivity index (χ1) is 13.5. The van der Waals surface area contributed by atoms with Gasteiger partial charge in [0.25, 0.3) is 5.56 Å². The fourth-order valence-electron chi connectivity index (χ4n) is 3.70. The van der Waals surface area contributed by atoms with Gasteiger partial charge in [-0.2, -0.15) is 0 Å². The number of nitrogens with zero attached hydrogens (tertiary/aromatic N) is 2. The molecule has 0 aliphatic heterocycles. The van der Waals surface area contributed by atoms with E-state index < -0.39 is 0 Å². The molecule has 28 heavy (non-hydrogen) atoms. The van der Waals surface area contributed by atoms with Gasteiger partial charge in [-0.05, 0) is 36.6 Å². The Balaban J connectivity index is 1.80. The van der Waals surface area contributed by atoms with Crippen molar-refractivity contribution in [3.63, 3.8) is 0 Å². The molecule has 0 unspecified atom stereocenters. The number of hydrogen-bond acceptors (Lipinski definition) is 5. The highest BCUT2D eigenvalue weighted by Crippen LogP contribution is 2.49. The Kier molecular flexibility index (Phi) is 4.67. The SMILES string of the molecule is COc1cc2c(=O)n(CC3(c4ccc(Cl)cc4)CC3)cnc2c(OC)c1OC. The maximum atomic E-state index is 13.2. The van der Waals surface area contributed by atoms with Gasteiger partial charge in [-0.15, -0.1) is 0 Å². The van der Waals surface area contributed by atoms with Crippen molar-refractivity contribution < 1.29 is 14.2 Å². The summed E-state index contributed by atoms with van der Waals surface area (Å²) in [6.07, 6.45) is 3.62. The summed E-state index contributed by atoms with van der Waals surface area (Å²) in [7, 11) is 4.57. The number of methoxy groups -OCH3 is 3. The van der Waals surface area contributed by atoms with Crippen LogP contribution in [0.5, 0.6) is 17.2 Å². The average Bonchev–Trinajstić information content (AvgIpc) is 3.49. The lowest BCUT2D eigenvalue weighted by Gasteiger charge is -2.19. The smallest absolute Gasteiger partial charge is 0.261 e. The van der Waals surface area contributed by atoms with E-state index in [0.29, 0.717) is 39.7 Å². The molecule has 0 atom stereocenters. The monoisotopic (exact) mass is 400 g/mol. The average molecular weight is 401 g/mol. The predicted molar refractivity (Wildman–Crippen MR) is 108 cm³/mol. The maximum Gasteiger partial charge on any atom is 0.261 e. The summed E-state index contributed by atoms with van der Waals surface area (Å²) >= 11 is 6.02. The molecule has 0 saturated heterocycles. The van der Waals surface area contributed by atoms with E-state index in [1.165, 1.54) is 26.9 Å². The minimum absolute atomic E-state index is 0.0512. The molecule has 0 bridgehead atoms. The molecule has 1 aliphatic carbocycles. The number of benzene rings is 2. The van der Waals surface area contributed by atoms with E-state index in [1.54, 1.807) is 17.0 Å². The highest BCUT2D eigenvalue weighted by molar-refractivity contribution is 6.30. The van der Waals surface area contributed by atoms with Gasteiger partial charge in [-0.3, -0.25) is 9.36 Å². The number of fused-ring (bicyclic) bond motifs is 1. The van der Waals surface area contributed by atoms with E-state index in [2.05, 4.69) is 4.98 Å². The van der Waals surface area contributed by atoms with Crippen LogP contribution < -0.4 is 19.8 Å². The molecule has 0 amide bonds. The van der Waals surface area contributed by atoms with Crippen molar-refractivity contribution in [2.45, 2.75) is 24.8 Å². The van der Waals surface area contributed by atoms with Crippen LogP contribution in [-0.4, -0.2) is 30.9 Å². The van der Waals surface area contributed by atoms with Crippen LogP contribution in [0.1, 0.15) is 18.4 Å². The fourth-order valence-corrected chi connectivity index (χ4v) is 3.82. The molecule has 6 nitrogen and oxygen atoms in total. The second-order valence-electron chi connectivity index (χ2n) is 7.01. The van der Waals surface area contributed by atoms with Crippen LogP contribution in [0.2, 0.25) is 5.02 Å². The zero-order valence-electron chi connectivity index (χ0n) is 16.0. The zero-order valence-corrected chi connectivity index (χ0v) is 16.7. The fraction of sp³-hybridized carbons (Fsp3) is 0.333. The van der Waals surface area contributed by atoms with Crippen LogP contribution in [0.3, 0.4) is 0 Å². The van der Waals surface area contributed by atoms with E-state index in [9.17, 15) is 4.79 Å². The van der Waals surface area contributed by atoms with Crippen LogP contribution in [-0.2, 0) is 12.0 Å². The predicted octanol–water partition coefficient (Wildman–Crippen LogP) is 3.81. The van der Waals surface area contributed by atoms with Gasteiger partial charge in [-0.1, -0.05) is 23.7 Å². The molecule has 2 aromatic carbocycles. The van der Waals surface area contributed by atoms with E-state index in [4.69, 9.17) is 25.8 Å². The molecule has 0 N–H and O–H groups in total. The van der Waals surface area contributed by atoms with E-state index in [0.717, 1.165) is 12.8 Å². The van der Waals surface area contributed by atoms with Gasteiger partial charge in [-0.25, -0.2) is 4.98 Å². The van der Waals surface area contributed by atoms with Gasteiger partial charge in [0.05, 0.1) is 33.0 Å². The number of rotatable bonds is 6. The number of aromatic nitrogens is 2. The summed E-state index contributed by atoms with van der Waals surface area (Å²) in [5, 5.41) is 1.14. The Hall–Kier alpha value is -2.73. The van der Waals surface area contributed by atoms with Crippen LogP contribution >= 0.6 is 11.6 Å². The Morgan fingerprint density at radius 1 is 1.07 bits per heavy atom. The van der Waals surface area contributed by atoms with Gasteiger partial charge in [0.15, 0.2) is 11.5 Å². The van der Waals surface area contributed by atoms with Crippen LogP contribution in [0.25, 0.3) is 10.9 Å². The second-order valence-corrected chi connectivity index (χ2v) is 7.44. The third-order valence-corrected chi connectivity index (χ3v) is 5.66. The first-order valence-electron chi connectivity index (χ1n) is 8.97. The molecule has 1 saturated carbocycles. The number of ether oxygens (including phenoxy) is 3. The lowest BCUT2D eigenvalue weighted by Crippen LogP contribution is -2.27. The summed E-state index contributed by atoms with van der Waals surface area (Å²) in [4.78, 5) is 17.7. The van der Waals surface area contributed by atoms with Gasteiger partial charge >= 0.3 is 0 Å². The standard InChI is InChI=1S/C21H21ClN2O4/c1-26-16-10-15-17(19(28-3)18(16)27-2)23-12-24(20(15)25)11-21(8-9-21)13-4-6-14(22)7-5-13/h4-7,10,12H,8-9,11H2,1-3H3. The maximum absolute atomic E-state index is 13.2. The molecule has 1 aromatic heterocycles. The molecule has 7 heteroatoms. The highest BCUT2D eigenvalue weighted by atomic mass is 35.5. The molecule has 146 valence electrons. The van der Waals surface area contributed by atoms with Crippen molar-refractivity contribution >= 4 is 22.5 Å². The topological polar surface area (TPSA) is 62.6 Å². The Bertz CT molecular complexity index is 1090. The van der Waals surface area contributed by atoms with Gasteiger partial charge in [0.1, 0.15) is 5.52 Å². The van der Waals surface area contributed by atoms with E-state index in [-0.39, 0.29) is 11.0 Å². The van der Waals surface area contributed by atoms with Crippen molar-refractivity contribution in [3.8, 4) is 17.2 Å². The Labute approximate surface area is 167 Å². The minimum atomic E-state index is -0.135. The van der Waals surface area contributed by atoms with Crippen molar-refractivity contribution in [1.82, 2.24) is 9.55 Å². The van der Waals surface area contributed by atoms with Crippen molar-refractivity contribution in [2.75, 3.05) is 21.3 Å². The first kappa shape index (κ1) is 18.6. The van der Waals surface area contributed by atoms with Crippen molar-refractivity contribution in [1.29, 1.82) is 0 Å². The van der Waals surface area contributed by atoms with Gasteiger partial charge < -0.3 is 14.2 Å². The van der Waals surface area contributed by atoms with E-state index in [1.807, 2.05) is 24.3 Å². The third kappa shape index (κ3) is 2.98. The van der Waals surface area contributed by atoms with Gasteiger partial charge in [0, 0.05) is 17.0 Å². The Morgan fingerprint density at radius 2 is 1.75 bits per heavy atom. The minimum Gasteiger partial charge on any atom is -0.493 e. The molecule has 1 aliphatic rings. The lowest BCUT2D eigenvalue weighted by molar-refractivity contribution is 0.326. The summed E-state index contributed by atoms with van der Waals surface area (Å²) in [6, 6.07) is 9.50. The molecule has 0 spiro atoms. The van der Waals surface area contributed by atoms with Crippen LogP contribution in [0.4, 0.5) is 0 Å². The lowest BCUT2D eigenvalue weighted by atomic mass is 9.96. The third-order valence-electron chi connectivity index (χ3n) is 5.40. The summed E-state index contributed by atoms with van der Waals surface area (Å²) in [6.45, 7) is 0.563. The first-order valence-corrected chi connectivity index (χ1v) is 9.35. The van der Waals surface area contributed by atoms with Gasteiger partial charge in [0.2, 0.25) is 5.75 Å². The summed E-state index contributed by atoms with van der Waals surface area (Å²) in [5.41, 5.74) is 1.46. The normalized spacial score (nSPS) is 14.7. The molecule has 3 aromatic rings. The molecule has 1 fully saturated rings. The molecular formula is C21H21ClN2O4. The summed E-state index contributed by atoms with van der Waals surface area (Å²) in [5.74, 6) is 1.24. The van der Waals surface area contributed by atoms with E-state index >= 15 is 0 Å². The highest BCUT2D eigenvalue weighted by Gasteiger charge is 2.44. The van der Waals surface area contributed by atoms with Crippen molar-refractivity contribution in [3.05, 3.63) is 57.6 Å². The molecule has 0 radical (unpaired) electrons. The van der Waals surface area contributed by atoms with Crippen molar-refractivity contribution in [2.24, 2.45) is 0 Å². The van der Waals surface area contributed by atoms with Crippen LogP contribution in [0.15, 0.2) is 41.5 Å². The summed E-state index contributed by atoms with van der Waals surface area (Å²) < 4.78 is 17.9.